The first-order valence-electron chi connectivity index (χ1n) is 10.2. The van der Waals surface area contributed by atoms with Gasteiger partial charge in [0.15, 0.2) is 0 Å². The standard InChI is InChI=1S/C23H27F2N3O2/c1-3-26-23(30)28-13-18(17-7-8-21(25)15(2)9-17)11-19(14-28)22(29)27-12-16-5-4-6-20(24)10-16/h4-10,18-19H,3,11-14H2,1-2H3,(H,26,30)(H,27,29)/t18-,19+/m1/s1. The van der Waals surface area contributed by atoms with E-state index in [1.54, 1.807) is 36.1 Å². The highest BCUT2D eigenvalue weighted by Gasteiger charge is 2.34. The Kier molecular flexibility index (Phi) is 7.03. The molecule has 30 heavy (non-hydrogen) atoms. The number of urea groups is 1. The first kappa shape index (κ1) is 21.7. The Hall–Kier alpha value is -2.96. The van der Waals surface area contributed by atoms with Gasteiger partial charge in [-0.25, -0.2) is 13.6 Å². The number of benzene rings is 2. The van der Waals surface area contributed by atoms with E-state index in [0.717, 1.165) is 5.56 Å². The summed E-state index contributed by atoms with van der Waals surface area (Å²) in [5, 5.41) is 5.64. The first-order valence-corrected chi connectivity index (χ1v) is 10.2. The molecule has 0 bridgehead atoms. The van der Waals surface area contributed by atoms with Gasteiger partial charge < -0.3 is 15.5 Å². The minimum atomic E-state index is -0.412. The number of hydrogen-bond acceptors (Lipinski definition) is 2. The molecule has 2 N–H and O–H groups in total. The van der Waals surface area contributed by atoms with Crippen LogP contribution in [0.2, 0.25) is 0 Å². The number of aryl methyl sites for hydroxylation is 1. The highest BCUT2D eigenvalue weighted by atomic mass is 19.1. The second-order valence-corrected chi connectivity index (χ2v) is 7.73. The molecule has 0 aliphatic carbocycles. The average Bonchev–Trinajstić information content (AvgIpc) is 2.74. The fourth-order valence-corrected chi connectivity index (χ4v) is 3.86. The lowest BCUT2D eigenvalue weighted by Crippen LogP contribution is -2.51. The van der Waals surface area contributed by atoms with Gasteiger partial charge in [0, 0.05) is 32.1 Å². The van der Waals surface area contributed by atoms with Crippen LogP contribution in [0.4, 0.5) is 13.6 Å². The Bertz CT molecular complexity index is 919. The maximum absolute atomic E-state index is 13.7. The summed E-state index contributed by atoms with van der Waals surface area (Å²) in [6.45, 7) is 5.01. The molecule has 0 unspecified atom stereocenters. The Morgan fingerprint density at radius 1 is 1.10 bits per heavy atom. The van der Waals surface area contributed by atoms with Crippen molar-refractivity contribution >= 4 is 11.9 Å². The molecule has 0 spiro atoms. The summed E-state index contributed by atoms with van der Waals surface area (Å²) in [7, 11) is 0. The molecule has 1 aliphatic rings. The fourth-order valence-electron chi connectivity index (χ4n) is 3.86. The number of piperidine rings is 1. The van der Waals surface area contributed by atoms with Gasteiger partial charge in [0.2, 0.25) is 5.91 Å². The molecule has 0 saturated carbocycles. The van der Waals surface area contributed by atoms with E-state index in [1.165, 1.54) is 18.2 Å². The normalized spacial score (nSPS) is 18.7. The van der Waals surface area contributed by atoms with Crippen LogP contribution in [0.15, 0.2) is 42.5 Å². The summed E-state index contributed by atoms with van der Waals surface area (Å²) >= 11 is 0. The van der Waals surface area contributed by atoms with E-state index >= 15 is 0 Å². The lowest BCUT2D eigenvalue weighted by molar-refractivity contribution is -0.126. The third-order valence-electron chi connectivity index (χ3n) is 5.45. The van der Waals surface area contributed by atoms with Crippen molar-refractivity contribution in [2.75, 3.05) is 19.6 Å². The van der Waals surface area contributed by atoms with Crippen molar-refractivity contribution in [2.24, 2.45) is 5.92 Å². The second kappa shape index (κ2) is 9.69. The Labute approximate surface area is 175 Å². The number of halogens is 2. The van der Waals surface area contributed by atoms with Crippen molar-refractivity contribution in [3.05, 3.63) is 70.8 Å². The molecule has 1 saturated heterocycles. The fraction of sp³-hybridized carbons (Fsp3) is 0.391. The molecule has 5 nitrogen and oxygen atoms in total. The van der Waals surface area contributed by atoms with Crippen LogP contribution < -0.4 is 10.6 Å². The quantitative estimate of drug-likeness (QED) is 0.782. The number of likely N-dealkylation sites (tertiary alicyclic amines) is 1. The van der Waals surface area contributed by atoms with Gasteiger partial charge in [0.25, 0.3) is 0 Å². The highest BCUT2D eigenvalue weighted by molar-refractivity contribution is 5.81. The lowest BCUT2D eigenvalue weighted by Gasteiger charge is -2.37. The van der Waals surface area contributed by atoms with Crippen LogP contribution in [0, 0.1) is 24.5 Å². The van der Waals surface area contributed by atoms with Gasteiger partial charge >= 0.3 is 6.03 Å². The molecule has 1 aliphatic heterocycles. The van der Waals surface area contributed by atoms with Crippen molar-refractivity contribution < 1.29 is 18.4 Å². The number of nitrogens with zero attached hydrogens (tertiary/aromatic N) is 1. The molecular weight excluding hydrogens is 388 g/mol. The third-order valence-corrected chi connectivity index (χ3v) is 5.45. The first-order chi connectivity index (χ1) is 14.4. The van der Waals surface area contributed by atoms with Gasteiger partial charge in [-0.15, -0.1) is 0 Å². The number of carbonyl (C=O) groups excluding carboxylic acids is 2. The van der Waals surface area contributed by atoms with Crippen LogP contribution in [0.3, 0.4) is 0 Å². The zero-order valence-corrected chi connectivity index (χ0v) is 17.3. The molecular formula is C23H27F2N3O2. The molecule has 3 amide bonds. The number of rotatable bonds is 5. The van der Waals surface area contributed by atoms with E-state index in [2.05, 4.69) is 10.6 Å². The van der Waals surface area contributed by atoms with E-state index < -0.39 is 5.92 Å². The van der Waals surface area contributed by atoms with Crippen molar-refractivity contribution in [1.82, 2.24) is 15.5 Å². The van der Waals surface area contributed by atoms with Crippen LogP contribution in [0.5, 0.6) is 0 Å². The third kappa shape index (κ3) is 5.34. The zero-order valence-electron chi connectivity index (χ0n) is 17.3. The number of nitrogens with one attached hydrogen (secondary N) is 2. The van der Waals surface area contributed by atoms with E-state index in [1.807, 2.05) is 6.92 Å². The van der Waals surface area contributed by atoms with Crippen molar-refractivity contribution in [3.8, 4) is 0 Å². The smallest absolute Gasteiger partial charge is 0.317 e. The van der Waals surface area contributed by atoms with Crippen LogP contribution in [-0.4, -0.2) is 36.5 Å². The van der Waals surface area contributed by atoms with Gasteiger partial charge in [-0.2, -0.15) is 0 Å². The SMILES string of the molecule is CCNC(=O)N1C[C@@H](C(=O)NCc2cccc(F)c2)C[C@@H](c2ccc(F)c(C)c2)C1. The summed E-state index contributed by atoms with van der Waals surface area (Å²) < 4.78 is 27.1. The predicted octanol–water partition coefficient (Wildman–Crippen LogP) is 3.72. The molecule has 3 rings (SSSR count). The average molecular weight is 415 g/mol. The molecule has 2 aromatic carbocycles. The van der Waals surface area contributed by atoms with E-state index in [-0.39, 0.29) is 36.0 Å². The van der Waals surface area contributed by atoms with Crippen molar-refractivity contribution in [1.29, 1.82) is 0 Å². The zero-order chi connectivity index (χ0) is 21.7. The highest BCUT2D eigenvalue weighted by Crippen LogP contribution is 2.31. The van der Waals surface area contributed by atoms with E-state index in [0.29, 0.717) is 37.2 Å². The largest absolute Gasteiger partial charge is 0.352 e. The van der Waals surface area contributed by atoms with Crippen LogP contribution >= 0.6 is 0 Å². The molecule has 160 valence electrons. The maximum atomic E-state index is 13.7. The Morgan fingerprint density at radius 2 is 1.90 bits per heavy atom. The Morgan fingerprint density at radius 3 is 2.60 bits per heavy atom. The summed E-state index contributed by atoms with van der Waals surface area (Å²) in [6.07, 6.45) is 0.552. The van der Waals surface area contributed by atoms with E-state index in [4.69, 9.17) is 0 Å². The monoisotopic (exact) mass is 415 g/mol. The maximum Gasteiger partial charge on any atom is 0.317 e. The second-order valence-electron chi connectivity index (χ2n) is 7.73. The van der Waals surface area contributed by atoms with Crippen LogP contribution in [0.1, 0.15) is 36.0 Å². The lowest BCUT2D eigenvalue weighted by atomic mass is 9.83. The van der Waals surface area contributed by atoms with Gasteiger partial charge in [-0.1, -0.05) is 24.3 Å². The number of hydrogen-bond donors (Lipinski definition) is 2. The minimum Gasteiger partial charge on any atom is -0.352 e. The van der Waals surface area contributed by atoms with Gasteiger partial charge in [-0.05, 0) is 55.2 Å². The summed E-state index contributed by atoms with van der Waals surface area (Å²) in [5.41, 5.74) is 2.12. The summed E-state index contributed by atoms with van der Waals surface area (Å²) in [6, 6.07) is 10.8. The van der Waals surface area contributed by atoms with Gasteiger partial charge in [0.1, 0.15) is 11.6 Å². The number of amides is 3. The summed E-state index contributed by atoms with van der Waals surface area (Å²) in [5.74, 6) is -1.30. The molecule has 0 radical (unpaired) electrons. The van der Waals surface area contributed by atoms with Crippen LogP contribution in [-0.2, 0) is 11.3 Å². The molecule has 1 heterocycles. The molecule has 0 aromatic heterocycles. The number of carbonyl (C=O) groups is 2. The molecule has 7 heteroatoms. The van der Waals surface area contributed by atoms with E-state index in [9.17, 15) is 18.4 Å². The van der Waals surface area contributed by atoms with Gasteiger partial charge in [-0.3, -0.25) is 4.79 Å². The molecule has 1 fully saturated rings. The van der Waals surface area contributed by atoms with Crippen LogP contribution in [0.25, 0.3) is 0 Å². The Balaban J connectivity index is 1.75. The predicted molar refractivity (Wildman–Crippen MR) is 111 cm³/mol. The molecule has 2 atom stereocenters. The van der Waals surface area contributed by atoms with Crippen molar-refractivity contribution in [2.45, 2.75) is 32.7 Å². The molecule has 2 aromatic rings. The topological polar surface area (TPSA) is 61.4 Å². The summed E-state index contributed by atoms with van der Waals surface area (Å²) in [4.78, 5) is 27.0. The van der Waals surface area contributed by atoms with Gasteiger partial charge in [0.05, 0.1) is 5.92 Å². The van der Waals surface area contributed by atoms with Crippen molar-refractivity contribution in [3.63, 3.8) is 0 Å². The minimum absolute atomic E-state index is 0.0782.